The number of hydrogen-bond acceptors (Lipinski definition) is 4. The zero-order chi connectivity index (χ0) is 13.8. The summed E-state index contributed by atoms with van der Waals surface area (Å²) in [6.07, 6.45) is 1.56. The van der Waals surface area contributed by atoms with Crippen molar-refractivity contribution in [3.8, 4) is 0 Å². The van der Waals surface area contributed by atoms with Crippen molar-refractivity contribution < 1.29 is 9.90 Å². The van der Waals surface area contributed by atoms with Crippen LogP contribution < -0.4 is 11.1 Å². The molecule has 1 amide bonds. The largest absolute Gasteiger partial charge is 0.396 e. The molecule has 0 fully saturated rings. The Kier molecular flexibility index (Phi) is 3.82. The van der Waals surface area contributed by atoms with Gasteiger partial charge in [0.2, 0.25) is 0 Å². The van der Waals surface area contributed by atoms with Crippen LogP contribution in [0.2, 0.25) is 0 Å². The molecule has 0 aliphatic rings. The van der Waals surface area contributed by atoms with Gasteiger partial charge in [-0.25, -0.2) is 0 Å². The van der Waals surface area contributed by atoms with Gasteiger partial charge in [0.15, 0.2) is 5.69 Å². The number of rotatable bonds is 4. The van der Waals surface area contributed by atoms with E-state index in [1.165, 1.54) is 4.68 Å². The predicted molar refractivity (Wildman–Crippen MR) is 71.4 cm³/mol. The molecule has 1 atom stereocenters. The van der Waals surface area contributed by atoms with Crippen molar-refractivity contribution in [2.45, 2.75) is 6.04 Å². The van der Waals surface area contributed by atoms with Crippen molar-refractivity contribution in [3.05, 3.63) is 47.8 Å². The Hall–Kier alpha value is -2.34. The van der Waals surface area contributed by atoms with Gasteiger partial charge in [-0.05, 0) is 5.56 Å². The highest BCUT2D eigenvalue weighted by molar-refractivity contribution is 5.97. The summed E-state index contributed by atoms with van der Waals surface area (Å²) in [4.78, 5) is 12.0. The highest BCUT2D eigenvalue weighted by atomic mass is 16.3. The maximum Gasteiger partial charge on any atom is 0.274 e. The summed E-state index contributed by atoms with van der Waals surface area (Å²) in [6.45, 7) is -0.192. The monoisotopic (exact) mass is 260 g/mol. The van der Waals surface area contributed by atoms with Crippen LogP contribution in [0.15, 0.2) is 36.5 Å². The Morgan fingerprint density at radius 1 is 1.47 bits per heavy atom. The molecule has 6 heteroatoms. The number of carbonyl (C=O) groups excluding carboxylic acids is 1. The minimum atomic E-state index is -0.477. The lowest BCUT2D eigenvalue weighted by Crippen LogP contribution is -2.31. The molecule has 0 unspecified atom stereocenters. The van der Waals surface area contributed by atoms with Crippen molar-refractivity contribution in [2.24, 2.45) is 7.05 Å². The lowest BCUT2D eigenvalue weighted by atomic mass is 10.1. The predicted octanol–water partition coefficient (Wildman–Crippen LogP) is 0.466. The van der Waals surface area contributed by atoms with Crippen molar-refractivity contribution in [1.29, 1.82) is 0 Å². The third-order valence-corrected chi connectivity index (χ3v) is 2.76. The number of anilines is 1. The summed E-state index contributed by atoms with van der Waals surface area (Å²) in [6, 6.07) is 8.76. The molecule has 2 aromatic rings. The second kappa shape index (κ2) is 5.53. The van der Waals surface area contributed by atoms with Gasteiger partial charge >= 0.3 is 0 Å². The molecule has 0 aliphatic heterocycles. The van der Waals surface area contributed by atoms with E-state index in [1.54, 1.807) is 13.2 Å². The van der Waals surface area contributed by atoms with Crippen LogP contribution in [0.1, 0.15) is 22.1 Å². The van der Waals surface area contributed by atoms with Crippen LogP contribution in [-0.4, -0.2) is 27.4 Å². The van der Waals surface area contributed by atoms with Crippen LogP contribution in [0.3, 0.4) is 0 Å². The highest BCUT2D eigenvalue weighted by Crippen LogP contribution is 2.14. The minimum absolute atomic E-state index is 0.164. The summed E-state index contributed by atoms with van der Waals surface area (Å²) in [5.41, 5.74) is 6.99. The summed E-state index contributed by atoms with van der Waals surface area (Å²) in [7, 11) is 1.69. The minimum Gasteiger partial charge on any atom is -0.396 e. The molecule has 0 saturated heterocycles. The fourth-order valence-electron chi connectivity index (χ4n) is 1.83. The van der Waals surface area contributed by atoms with Crippen LogP contribution in [-0.2, 0) is 7.05 Å². The fraction of sp³-hybridized carbons (Fsp3) is 0.231. The summed E-state index contributed by atoms with van der Waals surface area (Å²) >= 11 is 0. The summed E-state index contributed by atoms with van der Waals surface area (Å²) in [5, 5.41) is 16.1. The van der Waals surface area contributed by atoms with Gasteiger partial charge in [-0.15, -0.1) is 0 Å². The molecule has 1 aromatic heterocycles. The highest BCUT2D eigenvalue weighted by Gasteiger charge is 2.18. The smallest absolute Gasteiger partial charge is 0.274 e. The van der Waals surface area contributed by atoms with E-state index in [4.69, 9.17) is 5.73 Å². The number of aliphatic hydroxyl groups is 1. The maximum atomic E-state index is 12.0. The molecule has 0 aliphatic carbocycles. The SMILES string of the molecule is Cn1cc(N)c(C(=O)N[C@H](CO)c2ccccc2)n1. The number of nitrogens with zero attached hydrogens (tertiary/aromatic N) is 2. The Labute approximate surface area is 110 Å². The zero-order valence-electron chi connectivity index (χ0n) is 10.6. The molecule has 0 bridgehead atoms. The van der Waals surface area contributed by atoms with Gasteiger partial charge in [0, 0.05) is 13.2 Å². The van der Waals surface area contributed by atoms with Crippen LogP contribution in [0.5, 0.6) is 0 Å². The van der Waals surface area contributed by atoms with Crippen molar-refractivity contribution >= 4 is 11.6 Å². The fourth-order valence-corrected chi connectivity index (χ4v) is 1.83. The van der Waals surface area contributed by atoms with E-state index in [0.717, 1.165) is 5.56 Å². The Morgan fingerprint density at radius 2 is 2.16 bits per heavy atom. The molecular formula is C13H16N4O2. The molecule has 6 nitrogen and oxygen atoms in total. The van der Waals surface area contributed by atoms with Gasteiger partial charge in [0.1, 0.15) is 0 Å². The second-order valence-corrected chi connectivity index (χ2v) is 4.23. The first-order valence-electron chi connectivity index (χ1n) is 5.87. The average molecular weight is 260 g/mol. The number of aliphatic hydroxyl groups excluding tert-OH is 1. The number of nitrogens with one attached hydrogen (secondary N) is 1. The van der Waals surface area contributed by atoms with E-state index < -0.39 is 11.9 Å². The van der Waals surface area contributed by atoms with Gasteiger partial charge in [-0.2, -0.15) is 5.10 Å². The molecule has 2 rings (SSSR count). The number of nitrogens with two attached hydrogens (primary N) is 1. The summed E-state index contributed by atoms with van der Waals surface area (Å²) in [5.74, 6) is -0.402. The molecule has 19 heavy (non-hydrogen) atoms. The normalized spacial score (nSPS) is 12.1. The number of aryl methyl sites for hydroxylation is 1. The number of nitrogen functional groups attached to an aromatic ring is 1. The molecule has 1 aromatic carbocycles. The molecule has 4 N–H and O–H groups in total. The third-order valence-electron chi connectivity index (χ3n) is 2.76. The molecule has 100 valence electrons. The van der Waals surface area contributed by atoms with E-state index in [0.29, 0.717) is 5.69 Å². The van der Waals surface area contributed by atoms with Crippen molar-refractivity contribution in [2.75, 3.05) is 12.3 Å². The van der Waals surface area contributed by atoms with E-state index in [9.17, 15) is 9.90 Å². The lowest BCUT2D eigenvalue weighted by Gasteiger charge is -2.16. The Morgan fingerprint density at radius 3 is 2.68 bits per heavy atom. The number of aromatic nitrogens is 2. The van der Waals surface area contributed by atoms with E-state index in [2.05, 4.69) is 10.4 Å². The first-order valence-corrected chi connectivity index (χ1v) is 5.87. The molecular weight excluding hydrogens is 244 g/mol. The maximum absolute atomic E-state index is 12.0. The lowest BCUT2D eigenvalue weighted by molar-refractivity contribution is 0.0911. The van der Waals surface area contributed by atoms with Gasteiger partial charge in [-0.3, -0.25) is 9.48 Å². The third kappa shape index (κ3) is 2.92. The average Bonchev–Trinajstić information content (AvgIpc) is 2.76. The second-order valence-electron chi connectivity index (χ2n) is 4.23. The number of amides is 1. The molecule has 0 spiro atoms. The number of benzene rings is 1. The first-order chi connectivity index (χ1) is 9.11. The first kappa shape index (κ1) is 13.1. The van der Waals surface area contributed by atoms with Crippen molar-refractivity contribution in [3.63, 3.8) is 0 Å². The van der Waals surface area contributed by atoms with E-state index in [1.807, 2.05) is 30.3 Å². The van der Waals surface area contributed by atoms with Crippen LogP contribution in [0.25, 0.3) is 0 Å². The Balaban J connectivity index is 2.15. The van der Waals surface area contributed by atoms with Gasteiger partial charge in [0.05, 0.1) is 18.3 Å². The number of carbonyl (C=O) groups is 1. The van der Waals surface area contributed by atoms with E-state index in [-0.39, 0.29) is 12.3 Å². The zero-order valence-corrected chi connectivity index (χ0v) is 10.6. The number of hydrogen-bond donors (Lipinski definition) is 3. The quantitative estimate of drug-likeness (QED) is 0.744. The van der Waals surface area contributed by atoms with Crippen molar-refractivity contribution in [1.82, 2.24) is 15.1 Å². The standard InChI is InChI=1S/C13H16N4O2/c1-17-7-10(14)12(16-17)13(19)15-11(8-18)9-5-3-2-4-6-9/h2-7,11,18H,8,14H2,1H3,(H,15,19)/t11-/m1/s1. The van der Waals surface area contributed by atoms with E-state index >= 15 is 0 Å². The Bertz CT molecular complexity index is 565. The van der Waals surface area contributed by atoms with Crippen LogP contribution in [0.4, 0.5) is 5.69 Å². The van der Waals surface area contributed by atoms with Crippen LogP contribution >= 0.6 is 0 Å². The molecule has 1 heterocycles. The molecule has 0 saturated carbocycles. The summed E-state index contributed by atoms with van der Waals surface area (Å²) < 4.78 is 1.47. The molecule has 0 radical (unpaired) electrons. The van der Waals surface area contributed by atoms with Gasteiger partial charge in [0.25, 0.3) is 5.91 Å². The topological polar surface area (TPSA) is 93.2 Å². The van der Waals surface area contributed by atoms with Gasteiger partial charge in [-0.1, -0.05) is 30.3 Å². The van der Waals surface area contributed by atoms with Crippen LogP contribution in [0, 0.1) is 0 Å². The van der Waals surface area contributed by atoms with Gasteiger partial charge < -0.3 is 16.2 Å².